The van der Waals surface area contributed by atoms with Gasteiger partial charge in [-0.3, -0.25) is 0 Å². The van der Waals surface area contributed by atoms with Crippen molar-refractivity contribution in [3.63, 3.8) is 0 Å². The number of rotatable bonds is 7. The van der Waals surface area contributed by atoms with Crippen LogP contribution in [0.2, 0.25) is 0 Å². The minimum Gasteiger partial charge on any atom is -0.494 e. The third-order valence-corrected chi connectivity index (χ3v) is 3.47. The maximum atomic E-state index is 12.8. The molecular formula is C18H22FNO. The first-order chi connectivity index (χ1) is 10.2. The molecule has 1 atom stereocenters. The summed E-state index contributed by atoms with van der Waals surface area (Å²) in [7, 11) is 0. The van der Waals surface area contributed by atoms with Crippen molar-refractivity contribution in [2.75, 3.05) is 13.2 Å². The zero-order valence-corrected chi connectivity index (χ0v) is 12.6. The lowest BCUT2D eigenvalue weighted by molar-refractivity contribution is 0.340. The second kappa shape index (κ2) is 7.79. The van der Waals surface area contributed by atoms with E-state index in [2.05, 4.69) is 24.4 Å². The Morgan fingerprint density at radius 2 is 1.71 bits per heavy atom. The number of benzene rings is 2. The van der Waals surface area contributed by atoms with Crippen LogP contribution in [0.15, 0.2) is 48.5 Å². The Bertz CT molecular complexity index is 536. The molecule has 3 heteroatoms. The lowest BCUT2D eigenvalue weighted by atomic mass is 10.1. The Balaban J connectivity index is 1.81. The summed E-state index contributed by atoms with van der Waals surface area (Å²) in [6, 6.07) is 15.1. The van der Waals surface area contributed by atoms with Crippen LogP contribution < -0.4 is 10.1 Å². The molecule has 0 bridgehead atoms. The average molecular weight is 287 g/mol. The summed E-state index contributed by atoms with van der Waals surface area (Å²) in [6.07, 6.45) is 0.891. The summed E-state index contributed by atoms with van der Waals surface area (Å²) in [5, 5.41) is 3.48. The van der Waals surface area contributed by atoms with Gasteiger partial charge in [-0.25, -0.2) is 4.39 Å². The molecule has 0 spiro atoms. The molecule has 0 amide bonds. The van der Waals surface area contributed by atoms with Gasteiger partial charge in [-0.2, -0.15) is 0 Å². The Morgan fingerprint density at radius 3 is 2.33 bits per heavy atom. The molecule has 112 valence electrons. The maximum Gasteiger partial charge on any atom is 0.123 e. The highest BCUT2D eigenvalue weighted by atomic mass is 19.1. The SMILES string of the molecule is CCOc1ccc(C(C)NCCc2ccc(F)cc2)cc1. The van der Waals surface area contributed by atoms with Crippen LogP contribution in [0.4, 0.5) is 4.39 Å². The topological polar surface area (TPSA) is 21.3 Å². The van der Waals surface area contributed by atoms with E-state index < -0.39 is 0 Å². The Labute approximate surface area is 126 Å². The summed E-state index contributed by atoms with van der Waals surface area (Å²) < 4.78 is 18.3. The summed E-state index contributed by atoms with van der Waals surface area (Å²) in [4.78, 5) is 0. The first kappa shape index (κ1) is 15.5. The molecule has 2 aromatic rings. The summed E-state index contributed by atoms with van der Waals surface area (Å²) >= 11 is 0. The fourth-order valence-corrected chi connectivity index (χ4v) is 2.22. The third kappa shape index (κ3) is 4.87. The molecule has 0 aliphatic heterocycles. The van der Waals surface area contributed by atoms with Crippen LogP contribution in [-0.4, -0.2) is 13.2 Å². The first-order valence-electron chi connectivity index (χ1n) is 7.39. The van der Waals surface area contributed by atoms with Crippen LogP contribution in [0.25, 0.3) is 0 Å². The van der Waals surface area contributed by atoms with Crippen molar-refractivity contribution in [3.05, 3.63) is 65.5 Å². The molecule has 1 unspecified atom stereocenters. The first-order valence-corrected chi connectivity index (χ1v) is 7.39. The van der Waals surface area contributed by atoms with E-state index in [4.69, 9.17) is 4.74 Å². The molecule has 0 radical (unpaired) electrons. The number of halogens is 1. The molecule has 0 aromatic heterocycles. The summed E-state index contributed by atoms with van der Waals surface area (Å²) in [6.45, 7) is 5.67. The van der Waals surface area contributed by atoms with E-state index in [0.29, 0.717) is 6.61 Å². The zero-order valence-electron chi connectivity index (χ0n) is 12.6. The molecule has 0 fully saturated rings. The van der Waals surface area contributed by atoms with Gasteiger partial charge in [0.2, 0.25) is 0 Å². The maximum absolute atomic E-state index is 12.8. The highest BCUT2D eigenvalue weighted by Gasteiger charge is 2.05. The van der Waals surface area contributed by atoms with E-state index in [1.807, 2.05) is 31.2 Å². The van der Waals surface area contributed by atoms with Gasteiger partial charge in [0.25, 0.3) is 0 Å². The van der Waals surface area contributed by atoms with E-state index >= 15 is 0 Å². The van der Waals surface area contributed by atoms with Gasteiger partial charge in [0, 0.05) is 6.04 Å². The monoisotopic (exact) mass is 287 g/mol. The second-order valence-electron chi connectivity index (χ2n) is 5.05. The van der Waals surface area contributed by atoms with E-state index in [1.165, 1.54) is 17.7 Å². The molecule has 0 saturated carbocycles. The zero-order chi connectivity index (χ0) is 15.1. The smallest absolute Gasteiger partial charge is 0.123 e. The molecule has 0 saturated heterocycles. The van der Waals surface area contributed by atoms with Gasteiger partial charge in [-0.05, 0) is 62.2 Å². The molecule has 2 nitrogen and oxygen atoms in total. The average Bonchev–Trinajstić information content (AvgIpc) is 2.50. The largest absolute Gasteiger partial charge is 0.494 e. The van der Waals surface area contributed by atoms with Crippen LogP contribution in [0.3, 0.4) is 0 Å². The second-order valence-corrected chi connectivity index (χ2v) is 5.05. The quantitative estimate of drug-likeness (QED) is 0.827. The van der Waals surface area contributed by atoms with Crippen LogP contribution in [0, 0.1) is 5.82 Å². The van der Waals surface area contributed by atoms with Crippen molar-refractivity contribution in [2.24, 2.45) is 0 Å². The predicted octanol–water partition coefficient (Wildman–Crippen LogP) is 4.12. The summed E-state index contributed by atoms with van der Waals surface area (Å²) in [5.74, 6) is 0.717. The van der Waals surface area contributed by atoms with Crippen molar-refractivity contribution in [3.8, 4) is 5.75 Å². The normalized spacial score (nSPS) is 12.1. The van der Waals surface area contributed by atoms with Gasteiger partial charge in [0.1, 0.15) is 11.6 Å². The summed E-state index contributed by atoms with van der Waals surface area (Å²) in [5.41, 5.74) is 2.38. The van der Waals surface area contributed by atoms with E-state index in [1.54, 1.807) is 0 Å². The number of ether oxygens (including phenoxy) is 1. The van der Waals surface area contributed by atoms with Gasteiger partial charge in [0.15, 0.2) is 0 Å². The molecule has 0 aliphatic carbocycles. The minimum absolute atomic E-state index is 0.186. The molecule has 0 heterocycles. The van der Waals surface area contributed by atoms with Crippen molar-refractivity contribution in [2.45, 2.75) is 26.3 Å². The number of hydrogen-bond donors (Lipinski definition) is 1. The van der Waals surface area contributed by atoms with E-state index in [9.17, 15) is 4.39 Å². The lowest BCUT2D eigenvalue weighted by Crippen LogP contribution is -2.21. The molecule has 21 heavy (non-hydrogen) atoms. The number of nitrogens with one attached hydrogen (secondary N) is 1. The van der Waals surface area contributed by atoms with Crippen LogP contribution in [-0.2, 0) is 6.42 Å². The van der Waals surface area contributed by atoms with Gasteiger partial charge in [0.05, 0.1) is 6.61 Å². The molecular weight excluding hydrogens is 265 g/mol. The highest BCUT2D eigenvalue weighted by molar-refractivity contribution is 5.29. The van der Waals surface area contributed by atoms with Crippen molar-refractivity contribution in [1.29, 1.82) is 0 Å². The van der Waals surface area contributed by atoms with Gasteiger partial charge >= 0.3 is 0 Å². The third-order valence-electron chi connectivity index (χ3n) is 3.47. The molecule has 2 aromatic carbocycles. The van der Waals surface area contributed by atoms with Crippen LogP contribution in [0.5, 0.6) is 5.75 Å². The van der Waals surface area contributed by atoms with Gasteiger partial charge in [-0.1, -0.05) is 24.3 Å². The highest BCUT2D eigenvalue weighted by Crippen LogP contribution is 2.17. The minimum atomic E-state index is -0.186. The fraction of sp³-hybridized carbons (Fsp3) is 0.333. The van der Waals surface area contributed by atoms with Crippen molar-refractivity contribution in [1.82, 2.24) is 5.32 Å². The van der Waals surface area contributed by atoms with Crippen LogP contribution in [0.1, 0.15) is 31.0 Å². The predicted molar refractivity (Wildman–Crippen MR) is 84.1 cm³/mol. The van der Waals surface area contributed by atoms with E-state index in [-0.39, 0.29) is 11.9 Å². The van der Waals surface area contributed by atoms with Crippen LogP contribution >= 0.6 is 0 Å². The Kier molecular flexibility index (Phi) is 5.76. The molecule has 1 N–H and O–H groups in total. The van der Waals surface area contributed by atoms with Gasteiger partial charge < -0.3 is 10.1 Å². The van der Waals surface area contributed by atoms with Crippen molar-refractivity contribution < 1.29 is 9.13 Å². The molecule has 2 rings (SSSR count). The molecule has 0 aliphatic rings. The van der Waals surface area contributed by atoms with E-state index in [0.717, 1.165) is 24.3 Å². The fourth-order valence-electron chi connectivity index (χ4n) is 2.22. The lowest BCUT2D eigenvalue weighted by Gasteiger charge is -2.15. The van der Waals surface area contributed by atoms with Crippen molar-refractivity contribution >= 4 is 0 Å². The standard InChI is InChI=1S/C18H22FNO/c1-3-21-18-10-6-16(7-11-18)14(2)20-13-12-15-4-8-17(19)9-5-15/h4-11,14,20H,3,12-13H2,1-2H3. The van der Waals surface area contributed by atoms with Gasteiger partial charge in [-0.15, -0.1) is 0 Å². The Morgan fingerprint density at radius 1 is 1.05 bits per heavy atom. The Hall–Kier alpha value is -1.87. The number of hydrogen-bond acceptors (Lipinski definition) is 2.